The van der Waals surface area contributed by atoms with Gasteiger partial charge in [-0.05, 0) is 44.8 Å². The van der Waals surface area contributed by atoms with E-state index in [4.69, 9.17) is 4.74 Å². The molecule has 21 heavy (non-hydrogen) atoms. The molecule has 2 amide bonds. The lowest BCUT2D eigenvalue weighted by molar-refractivity contribution is -0.484. The van der Waals surface area contributed by atoms with E-state index in [1.165, 1.54) is 6.92 Å². The highest BCUT2D eigenvalue weighted by molar-refractivity contribution is 5.96. The first-order chi connectivity index (χ1) is 9.74. The SMILES string of the molecule is C[C@H](NC(=O)OC(C)(C)C)C(=O)N([NH+]=O)c1ccccc1. The number of hydrogen-bond donors (Lipinski definition) is 2. The van der Waals surface area contributed by atoms with Crippen LogP contribution in [0.15, 0.2) is 30.3 Å². The van der Waals surface area contributed by atoms with Crippen molar-refractivity contribution in [1.29, 1.82) is 0 Å². The van der Waals surface area contributed by atoms with Crippen molar-refractivity contribution in [2.45, 2.75) is 39.3 Å². The van der Waals surface area contributed by atoms with Crippen LogP contribution < -0.4 is 15.6 Å². The molecule has 1 rings (SSSR count). The number of nitrogens with zero attached hydrogens (tertiary/aromatic N) is 1. The zero-order valence-electron chi connectivity index (χ0n) is 12.5. The van der Waals surface area contributed by atoms with E-state index in [0.717, 1.165) is 5.01 Å². The number of amides is 2. The standard InChI is InChI=1S/C14H19N3O4/c1-10(15-13(19)21-14(2,3)4)12(18)17(16-20)11-8-6-5-7-9-11/h5-10H,1-4H3,(H,15,19)/p+1/t10-/m0/s1. The van der Waals surface area contributed by atoms with E-state index in [2.05, 4.69) is 5.32 Å². The highest BCUT2D eigenvalue weighted by Gasteiger charge is 2.29. The molecule has 2 N–H and O–H groups in total. The second kappa shape index (κ2) is 6.83. The summed E-state index contributed by atoms with van der Waals surface area (Å²) in [5, 5.41) is 4.77. The number of hydrazine groups is 1. The van der Waals surface area contributed by atoms with Crippen LogP contribution in [0.25, 0.3) is 0 Å². The predicted octanol–water partition coefficient (Wildman–Crippen LogP) is 0.695. The molecule has 0 unspecified atom stereocenters. The fraction of sp³-hybridized carbons (Fsp3) is 0.429. The highest BCUT2D eigenvalue weighted by Crippen LogP contribution is 2.10. The van der Waals surface area contributed by atoms with Crippen LogP contribution in [-0.2, 0) is 9.53 Å². The Bertz CT molecular complexity index is 511. The van der Waals surface area contributed by atoms with Gasteiger partial charge in [0.15, 0.2) is 0 Å². The summed E-state index contributed by atoms with van der Waals surface area (Å²) in [6, 6.07) is 7.44. The molecule has 0 bridgehead atoms. The van der Waals surface area contributed by atoms with Gasteiger partial charge in [-0.1, -0.05) is 18.2 Å². The third-order valence-corrected chi connectivity index (χ3v) is 2.43. The van der Waals surface area contributed by atoms with Gasteiger partial charge in [0.05, 0.1) is 0 Å². The summed E-state index contributed by atoms with van der Waals surface area (Å²) in [5.41, 5.74) is -0.279. The second-order valence-corrected chi connectivity index (χ2v) is 5.47. The maximum Gasteiger partial charge on any atom is 0.408 e. The third kappa shape index (κ3) is 5.21. The molecule has 0 aromatic heterocycles. The van der Waals surface area contributed by atoms with Crippen molar-refractivity contribution in [3.63, 3.8) is 0 Å². The van der Waals surface area contributed by atoms with E-state index in [1.807, 2.05) is 0 Å². The molecule has 0 heterocycles. The number of hydrogen-bond acceptors (Lipinski definition) is 4. The van der Waals surface area contributed by atoms with Gasteiger partial charge >= 0.3 is 12.0 Å². The molecule has 7 nitrogen and oxygen atoms in total. The Hall–Kier alpha value is -2.44. The molecule has 0 saturated heterocycles. The van der Waals surface area contributed by atoms with E-state index in [0.29, 0.717) is 5.69 Å². The first-order valence-electron chi connectivity index (χ1n) is 6.51. The van der Waals surface area contributed by atoms with Gasteiger partial charge < -0.3 is 10.1 Å². The van der Waals surface area contributed by atoms with E-state index >= 15 is 0 Å². The summed E-state index contributed by atoms with van der Waals surface area (Å²) < 4.78 is 5.06. The average Bonchev–Trinajstić information content (AvgIpc) is 2.38. The lowest BCUT2D eigenvalue weighted by atomic mass is 10.2. The number of nitroso groups, excluding NO2 is 1. The topological polar surface area (TPSA) is 89.7 Å². The van der Waals surface area contributed by atoms with E-state index in [9.17, 15) is 14.5 Å². The van der Waals surface area contributed by atoms with Crippen molar-refractivity contribution in [2.75, 3.05) is 5.01 Å². The zero-order chi connectivity index (χ0) is 16.0. The first kappa shape index (κ1) is 16.6. The number of benzene rings is 1. The minimum absolute atomic E-state index is 0.385. The van der Waals surface area contributed by atoms with Gasteiger partial charge in [0.2, 0.25) is 0 Å². The van der Waals surface area contributed by atoms with Crippen molar-refractivity contribution < 1.29 is 19.6 Å². The molecule has 1 atom stereocenters. The molecular weight excluding hydrogens is 274 g/mol. The van der Waals surface area contributed by atoms with Crippen LogP contribution in [-0.4, -0.2) is 23.6 Å². The Morgan fingerprint density at radius 2 is 1.81 bits per heavy atom. The van der Waals surface area contributed by atoms with Crippen molar-refractivity contribution in [1.82, 2.24) is 5.32 Å². The van der Waals surface area contributed by atoms with Crippen LogP contribution in [0, 0.1) is 4.91 Å². The first-order valence-corrected chi connectivity index (χ1v) is 6.51. The molecule has 0 spiro atoms. The Balaban J connectivity index is 2.73. The van der Waals surface area contributed by atoms with Gasteiger partial charge in [0.25, 0.3) is 0 Å². The fourth-order valence-corrected chi connectivity index (χ4v) is 1.54. The third-order valence-electron chi connectivity index (χ3n) is 2.43. The van der Waals surface area contributed by atoms with Crippen molar-refractivity contribution >= 4 is 17.7 Å². The molecule has 1 aromatic carbocycles. The Morgan fingerprint density at radius 3 is 2.29 bits per heavy atom. The number of carbonyl (C=O) groups excluding carboxylic acids is 2. The quantitative estimate of drug-likeness (QED) is 0.800. The van der Waals surface area contributed by atoms with Crippen LogP contribution in [0.4, 0.5) is 10.5 Å². The van der Waals surface area contributed by atoms with E-state index in [-0.39, 0.29) is 0 Å². The monoisotopic (exact) mass is 294 g/mol. The van der Waals surface area contributed by atoms with Gasteiger partial charge in [-0.15, -0.1) is 0 Å². The summed E-state index contributed by atoms with van der Waals surface area (Å²) in [7, 11) is 0. The lowest BCUT2D eigenvalue weighted by Crippen LogP contribution is -2.82. The molecule has 1 aromatic rings. The van der Waals surface area contributed by atoms with Crippen molar-refractivity contribution in [3.05, 3.63) is 35.2 Å². The smallest absolute Gasteiger partial charge is 0.408 e. The fourth-order valence-electron chi connectivity index (χ4n) is 1.54. The largest absolute Gasteiger partial charge is 0.444 e. The molecule has 0 fully saturated rings. The number of rotatable bonds is 4. The molecule has 114 valence electrons. The van der Waals surface area contributed by atoms with Gasteiger partial charge in [-0.3, -0.25) is 4.79 Å². The molecule has 0 aliphatic rings. The van der Waals surface area contributed by atoms with Gasteiger partial charge in [0, 0.05) is 4.91 Å². The predicted molar refractivity (Wildman–Crippen MR) is 77.1 cm³/mol. The average molecular weight is 294 g/mol. The molecule has 0 saturated carbocycles. The molecule has 7 heteroatoms. The van der Waals surface area contributed by atoms with E-state index in [1.54, 1.807) is 56.4 Å². The summed E-state index contributed by atoms with van der Waals surface area (Å²) in [6.07, 6.45) is -0.720. The summed E-state index contributed by atoms with van der Waals surface area (Å²) in [5.74, 6) is -0.595. The van der Waals surface area contributed by atoms with Gasteiger partial charge in [-0.2, -0.15) is 0 Å². The normalized spacial score (nSPS) is 12.2. The van der Waals surface area contributed by atoms with Crippen molar-refractivity contribution in [2.24, 2.45) is 0 Å². The van der Waals surface area contributed by atoms with Crippen LogP contribution in [0.5, 0.6) is 0 Å². The maximum absolute atomic E-state index is 12.2. The Kier molecular flexibility index (Phi) is 5.40. The second-order valence-electron chi connectivity index (χ2n) is 5.47. The number of nitrogens with one attached hydrogen (secondary N) is 2. The highest BCUT2D eigenvalue weighted by atomic mass is 16.6. The lowest BCUT2D eigenvalue weighted by Gasteiger charge is -2.21. The zero-order valence-corrected chi connectivity index (χ0v) is 12.5. The minimum Gasteiger partial charge on any atom is -0.444 e. The maximum atomic E-state index is 12.2. The summed E-state index contributed by atoms with van der Waals surface area (Å²) >= 11 is 0. The minimum atomic E-state index is -0.915. The molecule has 0 aliphatic carbocycles. The van der Waals surface area contributed by atoms with Crippen LogP contribution in [0.2, 0.25) is 0 Å². The van der Waals surface area contributed by atoms with Crippen LogP contribution in [0.3, 0.4) is 0 Å². The number of alkyl carbamates (subject to hydrolysis) is 1. The number of carbonyl (C=O) groups is 2. The summed E-state index contributed by atoms with van der Waals surface area (Å²) in [4.78, 5) is 34.8. The molecule has 0 radical (unpaired) electrons. The Morgan fingerprint density at radius 1 is 1.24 bits per heavy atom. The number of ether oxygens (including phenoxy) is 1. The van der Waals surface area contributed by atoms with Crippen LogP contribution >= 0.6 is 0 Å². The molecule has 0 aliphatic heterocycles. The van der Waals surface area contributed by atoms with Gasteiger partial charge in [0.1, 0.15) is 22.6 Å². The van der Waals surface area contributed by atoms with Gasteiger partial charge in [-0.25, -0.2) is 4.79 Å². The number of anilines is 1. The number of para-hydroxylation sites is 1. The van der Waals surface area contributed by atoms with Crippen LogP contribution in [0.1, 0.15) is 27.7 Å². The van der Waals surface area contributed by atoms with Crippen molar-refractivity contribution in [3.8, 4) is 0 Å². The molecular formula is C14H20N3O4+. The van der Waals surface area contributed by atoms with E-state index < -0.39 is 23.6 Å². The summed E-state index contributed by atoms with van der Waals surface area (Å²) in [6.45, 7) is 6.62. The Labute approximate surface area is 123 Å².